The zero-order chi connectivity index (χ0) is 20.7. The molecular weight excluding hydrogens is 402 g/mol. The minimum absolute atomic E-state index is 0.0404. The number of amides is 2. The van der Waals surface area contributed by atoms with Crippen LogP contribution in [0.1, 0.15) is 29.8 Å². The number of nitrogens with one attached hydrogen (secondary N) is 2. The summed E-state index contributed by atoms with van der Waals surface area (Å²) in [6.45, 7) is 4.07. The maximum absolute atomic E-state index is 12.6. The van der Waals surface area contributed by atoms with Gasteiger partial charge in [-0.2, -0.15) is 4.31 Å². The van der Waals surface area contributed by atoms with Crippen LogP contribution < -0.4 is 10.9 Å². The molecule has 2 N–H and O–H groups in total. The number of hydrogen-bond donors (Lipinski definition) is 2. The van der Waals surface area contributed by atoms with E-state index in [1.807, 2.05) is 18.2 Å². The lowest BCUT2D eigenvalue weighted by molar-refractivity contribution is -0.121. The monoisotopic (exact) mass is 423 g/mol. The Morgan fingerprint density at radius 2 is 1.64 bits per heavy atom. The number of carbonyl (C=O) groups is 2. The number of benzene rings is 2. The van der Waals surface area contributed by atoms with Crippen LogP contribution in [0.4, 0.5) is 0 Å². The Balaban J connectivity index is 2.12. The van der Waals surface area contributed by atoms with Gasteiger partial charge in [-0.25, -0.2) is 8.42 Å². The minimum atomic E-state index is -3.74. The molecule has 2 amide bonds. The topological polar surface area (TPSA) is 95.6 Å². The van der Waals surface area contributed by atoms with E-state index in [9.17, 15) is 18.0 Å². The van der Waals surface area contributed by atoms with E-state index in [-0.39, 0.29) is 21.9 Å². The molecule has 0 atom stereocenters. The van der Waals surface area contributed by atoms with Crippen molar-refractivity contribution in [2.75, 3.05) is 13.1 Å². The molecule has 0 aliphatic heterocycles. The van der Waals surface area contributed by atoms with Crippen LogP contribution in [0.25, 0.3) is 0 Å². The average Bonchev–Trinajstić information content (AvgIpc) is 2.68. The maximum atomic E-state index is 12.6. The molecule has 0 saturated heterocycles. The van der Waals surface area contributed by atoms with Crippen molar-refractivity contribution < 1.29 is 18.0 Å². The predicted octanol–water partition coefficient (Wildman–Crippen LogP) is 2.37. The number of carbonyl (C=O) groups excluding carboxylic acids is 2. The Morgan fingerprint density at radius 3 is 2.25 bits per heavy atom. The van der Waals surface area contributed by atoms with Crippen LogP contribution in [-0.4, -0.2) is 37.6 Å². The molecule has 2 rings (SSSR count). The summed E-state index contributed by atoms with van der Waals surface area (Å²) in [5, 5.41) is 0.0771. The van der Waals surface area contributed by atoms with Crippen molar-refractivity contribution in [1.29, 1.82) is 0 Å². The van der Waals surface area contributed by atoms with Crippen molar-refractivity contribution in [1.82, 2.24) is 15.2 Å². The summed E-state index contributed by atoms with van der Waals surface area (Å²) in [4.78, 5) is 24.3. The first-order chi connectivity index (χ1) is 13.3. The van der Waals surface area contributed by atoms with Crippen molar-refractivity contribution in [3.8, 4) is 0 Å². The molecule has 0 unspecified atom stereocenters. The summed E-state index contributed by atoms with van der Waals surface area (Å²) < 4.78 is 26.5. The summed E-state index contributed by atoms with van der Waals surface area (Å²) in [5.74, 6) is -1.12. The quantitative estimate of drug-likeness (QED) is 0.668. The van der Waals surface area contributed by atoms with E-state index in [4.69, 9.17) is 11.6 Å². The molecule has 9 heteroatoms. The van der Waals surface area contributed by atoms with Gasteiger partial charge in [-0.05, 0) is 23.8 Å². The highest BCUT2D eigenvalue weighted by atomic mass is 35.5. The number of sulfonamides is 1. The zero-order valence-corrected chi connectivity index (χ0v) is 17.2. The van der Waals surface area contributed by atoms with Crippen LogP contribution in [0.2, 0.25) is 5.02 Å². The second-order valence-corrected chi connectivity index (χ2v) is 8.24. The highest BCUT2D eigenvalue weighted by Crippen LogP contribution is 2.23. The van der Waals surface area contributed by atoms with Crippen molar-refractivity contribution in [3.63, 3.8) is 0 Å². The normalized spacial score (nSPS) is 11.3. The standard InChI is InChI=1S/C19H22ClN3O4S/c1-3-23(4-2)28(26,27)15-10-11-17(20)16(13-15)19(25)22-21-18(24)12-14-8-6-5-7-9-14/h5-11,13H,3-4,12H2,1-2H3,(H,21,24)(H,22,25). The lowest BCUT2D eigenvalue weighted by Gasteiger charge is -2.19. The van der Waals surface area contributed by atoms with Crippen molar-refractivity contribution in [2.24, 2.45) is 0 Å². The highest BCUT2D eigenvalue weighted by molar-refractivity contribution is 7.89. The summed E-state index contributed by atoms with van der Waals surface area (Å²) in [5.41, 5.74) is 5.31. The molecule has 0 aliphatic rings. The SMILES string of the molecule is CCN(CC)S(=O)(=O)c1ccc(Cl)c(C(=O)NNC(=O)Cc2ccccc2)c1. The van der Waals surface area contributed by atoms with E-state index in [0.29, 0.717) is 13.1 Å². The molecule has 2 aromatic carbocycles. The number of hydrazine groups is 1. The van der Waals surface area contributed by atoms with Gasteiger partial charge in [0.2, 0.25) is 15.9 Å². The van der Waals surface area contributed by atoms with E-state index in [1.165, 1.54) is 22.5 Å². The van der Waals surface area contributed by atoms with Gasteiger partial charge in [0.25, 0.3) is 5.91 Å². The van der Waals surface area contributed by atoms with E-state index in [2.05, 4.69) is 10.9 Å². The van der Waals surface area contributed by atoms with Gasteiger partial charge in [-0.15, -0.1) is 0 Å². The zero-order valence-electron chi connectivity index (χ0n) is 15.6. The number of hydrogen-bond acceptors (Lipinski definition) is 4. The fourth-order valence-corrected chi connectivity index (χ4v) is 4.26. The third kappa shape index (κ3) is 5.31. The predicted molar refractivity (Wildman–Crippen MR) is 107 cm³/mol. The third-order valence-electron chi connectivity index (χ3n) is 4.05. The molecule has 0 radical (unpaired) electrons. The molecule has 0 heterocycles. The van der Waals surface area contributed by atoms with Crippen LogP contribution in [0, 0.1) is 0 Å². The Morgan fingerprint density at radius 1 is 1.00 bits per heavy atom. The molecule has 0 fully saturated rings. The van der Waals surface area contributed by atoms with Crippen molar-refractivity contribution >= 4 is 33.4 Å². The Labute approximate surface area is 169 Å². The molecule has 28 heavy (non-hydrogen) atoms. The smallest absolute Gasteiger partial charge is 0.271 e. The molecule has 0 bridgehead atoms. The maximum Gasteiger partial charge on any atom is 0.271 e. The summed E-state index contributed by atoms with van der Waals surface area (Å²) in [6, 6.07) is 12.9. The largest absolute Gasteiger partial charge is 0.273 e. The lowest BCUT2D eigenvalue weighted by Crippen LogP contribution is -2.42. The summed E-state index contributed by atoms with van der Waals surface area (Å²) >= 11 is 6.05. The van der Waals surface area contributed by atoms with Gasteiger partial charge < -0.3 is 0 Å². The van der Waals surface area contributed by atoms with E-state index >= 15 is 0 Å². The molecule has 7 nitrogen and oxygen atoms in total. The first kappa shape index (κ1) is 21.9. The van der Waals surface area contributed by atoms with Crippen LogP contribution in [0.5, 0.6) is 0 Å². The van der Waals surface area contributed by atoms with Crippen molar-refractivity contribution in [3.05, 3.63) is 64.7 Å². The van der Waals surface area contributed by atoms with E-state index < -0.39 is 21.8 Å². The Hall–Kier alpha value is -2.42. The summed E-state index contributed by atoms with van der Waals surface area (Å²) in [6.07, 6.45) is 0.0885. The van der Waals surface area contributed by atoms with Crippen LogP contribution in [0.3, 0.4) is 0 Å². The van der Waals surface area contributed by atoms with Crippen LogP contribution in [-0.2, 0) is 21.2 Å². The molecule has 150 valence electrons. The molecule has 2 aromatic rings. The Bertz CT molecular complexity index is 945. The van der Waals surface area contributed by atoms with E-state index in [1.54, 1.807) is 26.0 Å². The van der Waals surface area contributed by atoms with Crippen LogP contribution >= 0.6 is 11.6 Å². The Kier molecular flexibility index (Phi) is 7.56. The molecule has 0 spiro atoms. The van der Waals surface area contributed by atoms with Crippen molar-refractivity contribution in [2.45, 2.75) is 25.2 Å². The lowest BCUT2D eigenvalue weighted by atomic mass is 10.1. The summed E-state index contributed by atoms with van der Waals surface area (Å²) in [7, 11) is -3.74. The minimum Gasteiger partial charge on any atom is -0.273 e. The average molecular weight is 424 g/mol. The molecular formula is C19H22ClN3O4S. The van der Waals surface area contributed by atoms with Gasteiger partial charge in [-0.3, -0.25) is 20.4 Å². The highest BCUT2D eigenvalue weighted by Gasteiger charge is 2.24. The van der Waals surface area contributed by atoms with Gasteiger partial charge in [0, 0.05) is 13.1 Å². The first-order valence-electron chi connectivity index (χ1n) is 8.72. The van der Waals surface area contributed by atoms with E-state index in [0.717, 1.165) is 5.56 Å². The van der Waals surface area contributed by atoms with Gasteiger partial charge in [-0.1, -0.05) is 55.8 Å². The fourth-order valence-electron chi connectivity index (χ4n) is 2.57. The van der Waals surface area contributed by atoms with Gasteiger partial charge in [0.1, 0.15) is 0 Å². The molecule has 0 saturated carbocycles. The molecule has 0 aromatic heterocycles. The second kappa shape index (κ2) is 9.68. The number of nitrogens with zero attached hydrogens (tertiary/aromatic N) is 1. The second-order valence-electron chi connectivity index (χ2n) is 5.90. The molecule has 0 aliphatic carbocycles. The third-order valence-corrected chi connectivity index (χ3v) is 6.42. The van der Waals surface area contributed by atoms with Gasteiger partial charge in [0.05, 0.1) is 21.9 Å². The van der Waals surface area contributed by atoms with Gasteiger partial charge in [0.15, 0.2) is 0 Å². The van der Waals surface area contributed by atoms with Crippen LogP contribution in [0.15, 0.2) is 53.4 Å². The fraction of sp³-hybridized carbons (Fsp3) is 0.263. The first-order valence-corrected chi connectivity index (χ1v) is 10.5. The van der Waals surface area contributed by atoms with Gasteiger partial charge >= 0.3 is 0 Å². The number of rotatable bonds is 7. The number of halogens is 1.